The fourth-order valence-electron chi connectivity index (χ4n) is 3.27. The highest BCUT2D eigenvalue weighted by atomic mass is 16.5. The van der Waals surface area contributed by atoms with E-state index in [1.54, 1.807) is 24.3 Å². The fourth-order valence-corrected chi connectivity index (χ4v) is 3.27. The number of rotatable bonds is 6. The SMILES string of the molecule is COC(=O)C=Cc1cc(OC)c2c(c1)[C@H](CO)[C@H](c1ccc(O)c(OC)c1)O2. The molecule has 0 radical (unpaired) electrons. The first-order valence-electron chi connectivity index (χ1n) is 8.64. The molecule has 2 aromatic rings. The number of aromatic hydroxyl groups is 1. The topological polar surface area (TPSA) is 94.5 Å². The largest absolute Gasteiger partial charge is 0.504 e. The van der Waals surface area contributed by atoms with Gasteiger partial charge in [-0.25, -0.2) is 4.79 Å². The van der Waals surface area contributed by atoms with Gasteiger partial charge in [-0.2, -0.15) is 0 Å². The molecule has 7 nitrogen and oxygen atoms in total. The first kappa shape index (κ1) is 19.6. The Morgan fingerprint density at radius 3 is 2.54 bits per heavy atom. The molecule has 3 rings (SSSR count). The van der Waals surface area contributed by atoms with E-state index in [1.165, 1.54) is 33.5 Å². The lowest BCUT2D eigenvalue weighted by atomic mass is 9.90. The summed E-state index contributed by atoms with van der Waals surface area (Å²) >= 11 is 0. The van der Waals surface area contributed by atoms with Gasteiger partial charge in [-0.3, -0.25) is 0 Å². The van der Waals surface area contributed by atoms with Gasteiger partial charge in [-0.1, -0.05) is 6.07 Å². The van der Waals surface area contributed by atoms with Gasteiger partial charge in [-0.05, 0) is 41.5 Å². The Bertz CT molecular complexity index is 904. The van der Waals surface area contributed by atoms with Crippen LogP contribution in [0.5, 0.6) is 23.0 Å². The van der Waals surface area contributed by atoms with E-state index in [-0.39, 0.29) is 18.3 Å². The highest BCUT2D eigenvalue weighted by Crippen LogP contribution is 2.51. The zero-order chi connectivity index (χ0) is 20.3. The summed E-state index contributed by atoms with van der Waals surface area (Å²) in [6, 6.07) is 8.51. The van der Waals surface area contributed by atoms with Crippen molar-refractivity contribution in [1.29, 1.82) is 0 Å². The summed E-state index contributed by atoms with van der Waals surface area (Å²) in [4.78, 5) is 11.4. The standard InChI is InChI=1S/C21H22O7/c1-25-17-10-13(5-6-16(17)23)20-15(11-22)14-8-12(4-7-19(24)27-3)9-18(26-2)21(14)28-20/h4-10,15,20,22-23H,11H2,1-3H3/t15-,20-/m0/s1. The third kappa shape index (κ3) is 3.61. The van der Waals surface area contributed by atoms with Crippen molar-refractivity contribution in [3.63, 3.8) is 0 Å². The zero-order valence-corrected chi connectivity index (χ0v) is 15.8. The number of methoxy groups -OCH3 is 3. The Kier molecular flexibility index (Phi) is 5.75. The number of phenolic OH excluding ortho intramolecular Hbond substituents is 1. The van der Waals surface area contributed by atoms with E-state index in [2.05, 4.69) is 4.74 Å². The maximum absolute atomic E-state index is 11.4. The molecule has 1 heterocycles. The van der Waals surface area contributed by atoms with Gasteiger partial charge in [0.1, 0.15) is 6.10 Å². The smallest absolute Gasteiger partial charge is 0.330 e. The van der Waals surface area contributed by atoms with Crippen LogP contribution in [-0.4, -0.2) is 44.1 Å². The Labute approximate surface area is 162 Å². The molecule has 2 aromatic carbocycles. The molecule has 0 amide bonds. The van der Waals surface area contributed by atoms with Gasteiger partial charge in [-0.15, -0.1) is 0 Å². The Balaban J connectivity index is 2.02. The minimum Gasteiger partial charge on any atom is -0.504 e. The molecule has 0 fully saturated rings. The monoisotopic (exact) mass is 386 g/mol. The van der Waals surface area contributed by atoms with Gasteiger partial charge < -0.3 is 29.2 Å². The quantitative estimate of drug-likeness (QED) is 0.582. The first-order chi connectivity index (χ1) is 13.5. The molecule has 1 aliphatic rings. The van der Waals surface area contributed by atoms with E-state index in [1.807, 2.05) is 6.07 Å². The van der Waals surface area contributed by atoms with E-state index in [0.717, 1.165) is 11.1 Å². The van der Waals surface area contributed by atoms with Crippen molar-refractivity contribution in [2.75, 3.05) is 27.9 Å². The van der Waals surface area contributed by atoms with Crippen molar-refractivity contribution in [1.82, 2.24) is 0 Å². The van der Waals surface area contributed by atoms with Gasteiger partial charge >= 0.3 is 5.97 Å². The number of esters is 1. The highest BCUT2D eigenvalue weighted by molar-refractivity contribution is 5.87. The second-order valence-electron chi connectivity index (χ2n) is 6.26. The predicted molar refractivity (Wildman–Crippen MR) is 102 cm³/mol. The predicted octanol–water partition coefficient (Wildman–Crippen LogP) is 2.81. The Hall–Kier alpha value is -3.19. The normalized spacial score (nSPS) is 17.9. The van der Waals surface area contributed by atoms with E-state index in [9.17, 15) is 15.0 Å². The molecule has 0 aromatic heterocycles. The lowest BCUT2D eigenvalue weighted by molar-refractivity contribution is -0.134. The first-order valence-corrected chi connectivity index (χ1v) is 8.64. The third-order valence-electron chi connectivity index (χ3n) is 4.68. The molecule has 28 heavy (non-hydrogen) atoms. The van der Waals surface area contributed by atoms with Crippen LogP contribution in [-0.2, 0) is 9.53 Å². The van der Waals surface area contributed by atoms with Gasteiger partial charge in [0, 0.05) is 11.6 Å². The minimum atomic E-state index is -0.483. The van der Waals surface area contributed by atoms with Gasteiger partial charge in [0.25, 0.3) is 0 Å². The molecule has 2 atom stereocenters. The van der Waals surface area contributed by atoms with E-state index in [0.29, 0.717) is 22.8 Å². The minimum absolute atomic E-state index is 0.0233. The summed E-state index contributed by atoms with van der Waals surface area (Å²) in [6.07, 6.45) is 2.44. The fraction of sp³-hybridized carbons (Fsp3) is 0.286. The molecule has 0 saturated carbocycles. The molecular weight excluding hydrogens is 364 g/mol. The van der Waals surface area contributed by atoms with Crippen LogP contribution in [0.25, 0.3) is 6.08 Å². The Morgan fingerprint density at radius 2 is 1.89 bits per heavy atom. The van der Waals surface area contributed by atoms with Crippen molar-refractivity contribution in [2.45, 2.75) is 12.0 Å². The molecule has 0 spiro atoms. The van der Waals surface area contributed by atoms with Crippen LogP contribution in [0.4, 0.5) is 0 Å². The van der Waals surface area contributed by atoms with Gasteiger partial charge in [0.2, 0.25) is 0 Å². The molecule has 0 aliphatic carbocycles. The Morgan fingerprint density at radius 1 is 1.14 bits per heavy atom. The number of benzene rings is 2. The van der Waals surface area contributed by atoms with Crippen molar-refractivity contribution >= 4 is 12.0 Å². The number of aliphatic hydroxyl groups is 1. The van der Waals surface area contributed by atoms with E-state index in [4.69, 9.17) is 14.2 Å². The van der Waals surface area contributed by atoms with Crippen LogP contribution < -0.4 is 14.2 Å². The number of carbonyl (C=O) groups is 1. The zero-order valence-electron chi connectivity index (χ0n) is 15.8. The molecular formula is C21H22O7. The van der Waals surface area contributed by atoms with Crippen LogP contribution in [0.2, 0.25) is 0 Å². The van der Waals surface area contributed by atoms with Crippen molar-refractivity contribution in [2.24, 2.45) is 0 Å². The molecule has 0 unspecified atom stereocenters. The number of hydrogen-bond acceptors (Lipinski definition) is 7. The lowest BCUT2D eigenvalue weighted by Crippen LogP contribution is -2.13. The van der Waals surface area contributed by atoms with Crippen LogP contribution in [0.3, 0.4) is 0 Å². The molecule has 1 aliphatic heterocycles. The molecule has 148 valence electrons. The van der Waals surface area contributed by atoms with Crippen LogP contribution in [0.1, 0.15) is 28.7 Å². The average Bonchev–Trinajstić information content (AvgIpc) is 3.10. The van der Waals surface area contributed by atoms with E-state index < -0.39 is 12.1 Å². The summed E-state index contributed by atoms with van der Waals surface area (Å²) in [5.74, 6) is 0.549. The summed E-state index contributed by atoms with van der Waals surface area (Å²) in [6.45, 7) is -0.159. The maximum Gasteiger partial charge on any atom is 0.330 e. The summed E-state index contributed by atoms with van der Waals surface area (Å²) in [7, 11) is 4.30. The van der Waals surface area contributed by atoms with E-state index >= 15 is 0 Å². The number of ether oxygens (including phenoxy) is 4. The number of fused-ring (bicyclic) bond motifs is 1. The van der Waals surface area contributed by atoms with Gasteiger partial charge in [0.15, 0.2) is 23.0 Å². The molecule has 7 heteroatoms. The van der Waals surface area contributed by atoms with Crippen LogP contribution in [0, 0.1) is 0 Å². The van der Waals surface area contributed by atoms with Crippen molar-refractivity contribution in [3.8, 4) is 23.0 Å². The second kappa shape index (κ2) is 8.22. The maximum atomic E-state index is 11.4. The number of aliphatic hydroxyl groups excluding tert-OH is 1. The van der Waals surface area contributed by atoms with Crippen LogP contribution in [0.15, 0.2) is 36.4 Å². The lowest BCUT2D eigenvalue weighted by Gasteiger charge is -2.18. The summed E-state index contributed by atoms with van der Waals surface area (Å²) < 4.78 is 21.4. The molecule has 0 bridgehead atoms. The number of carbonyl (C=O) groups excluding carboxylic acids is 1. The molecule has 0 saturated heterocycles. The van der Waals surface area contributed by atoms with Gasteiger partial charge in [0.05, 0.1) is 33.9 Å². The molecule has 2 N–H and O–H groups in total. The summed E-state index contributed by atoms with van der Waals surface area (Å²) in [5, 5.41) is 19.9. The highest BCUT2D eigenvalue weighted by Gasteiger charge is 2.37. The third-order valence-corrected chi connectivity index (χ3v) is 4.68. The van der Waals surface area contributed by atoms with Crippen molar-refractivity contribution < 1.29 is 34.0 Å². The number of phenols is 1. The second-order valence-corrected chi connectivity index (χ2v) is 6.26. The number of hydrogen-bond donors (Lipinski definition) is 2. The van der Waals surface area contributed by atoms with Crippen LogP contribution >= 0.6 is 0 Å². The van der Waals surface area contributed by atoms with Crippen molar-refractivity contribution in [3.05, 3.63) is 53.1 Å². The average molecular weight is 386 g/mol. The summed E-state index contributed by atoms with van der Waals surface area (Å²) in [5.41, 5.74) is 2.23.